The van der Waals surface area contributed by atoms with Crippen LogP contribution in [0.25, 0.3) is 11.4 Å². The summed E-state index contributed by atoms with van der Waals surface area (Å²) in [6, 6.07) is 5.44. The predicted octanol–water partition coefficient (Wildman–Crippen LogP) is 2.87. The normalized spacial score (nSPS) is 11.7. The number of amides is 1. The van der Waals surface area contributed by atoms with Crippen molar-refractivity contribution in [1.82, 2.24) is 20.5 Å². The van der Waals surface area contributed by atoms with Crippen LogP contribution < -0.4 is 20.3 Å². The van der Waals surface area contributed by atoms with Gasteiger partial charge in [-0.05, 0) is 38.0 Å². The van der Waals surface area contributed by atoms with E-state index in [1.165, 1.54) is 0 Å². The fourth-order valence-corrected chi connectivity index (χ4v) is 2.60. The molecule has 1 atom stereocenters. The van der Waals surface area contributed by atoms with Crippen molar-refractivity contribution < 1.29 is 14.3 Å². The summed E-state index contributed by atoms with van der Waals surface area (Å²) < 4.78 is 11.1. The molecule has 1 heterocycles. The van der Waals surface area contributed by atoms with Gasteiger partial charge in [0.2, 0.25) is 5.91 Å². The Morgan fingerprint density at radius 2 is 2.03 bits per heavy atom. The van der Waals surface area contributed by atoms with Crippen LogP contribution >= 0.6 is 0 Å². The Bertz CT molecular complexity index is 866. The highest BCUT2D eigenvalue weighted by atomic mass is 16.5. The summed E-state index contributed by atoms with van der Waals surface area (Å²) >= 11 is 0. The topological polar surface area (TPSA) is 106 Å². The van der Waals surface area contributed by atoms with E-state index in [-0.39, 0.29) is 36.0 Å². The smallest absolute Gasteiger partial charge is 0.273 e. The summed E-state index contributed by atoms with van der Waals surface area (Å²) in [5, 5.41) is 11.0. The maximum Gasteiger partial charge on any atom is 0.273 e. The van der Waals surface area contributed by atoms with E-state index in [0.717, 1.165) is 19.3 Å². The number of carbonyl (C=O) groups is 1. The van der Waals surface area contributed by atoms with Crippen LogP contribution in [0.1, 0.15) is 52.1 Å². The van der Waals surface area contributed by atoms with E-state index in [9.17, 15) is 9.59 Å². The minimum Gasteiger partial charge on any atom is -0.493 e. The van der Waals surface area contributed by atoms with Crippen LogP contribution in [0.5, 0.6) is 11.5 Å². The lowest BCUT2D eigenvalue weighted by Crippen LogP contribution is -2.32. The zero-order valence-electron chi connectivity index (χ0n) is 17.6. The van der Waals surface area contributed by atoms with Gasteiger partial charge in [-0.25, -0.2) is 0 Å². The highest BCUT2D eigenvalue weighted by molar-refractivity contribution is 5.76. The average Bonchev–Trinajstić information content (AvgIpc) is 2.73. The SMILES string of the molecule is CCCCOc1ccc(-c2nnc(CCC(=O)NC(C)CC)c(=O)[nH]2)cc1OC. The minimum absolute atomic E-state index is 0.104. The Hall–Kier alpha value is -2.90. The number of methoxy groups -OCH3 is 1. The fraction of sp³-hybridized carbons (Fsp3) is 0.524. The van der Waals surface area contributed by atoms with Crippen molar-refractivity contribution in [3.8, 4) is 22.9 Å². The van der Waals surface area contributed by atoms with E-state index in [1.54, 1.807) is 25.3 Å². The Morgan fingerprint density at radius 3 is 2.69 bits per heavy atom. The molecule has 0 saturated carbocycles. The number of benzene rings is 1. The van der Waals surface area contributed by atoms with Crippen LogP contribution in [-0.4, -0.2) is 40.8 Å². The second-order valence-corrected chi connectivity index (χ2v) is 6.89. The molecule has 1 amide bonds. The summed E-state index contributed by atoms with van der Waals surface area (Å²) in [4.78, 5) is 27.0. The van der Waals surface area contributed by atoms with Crippen molar-refractivity contribution >= 4 is 5.91 Å². The van der Waals surface area contributed by atoms with Gasteiger partial charge < -0.3 is 19.8 Å². The maximum absolute atomic E-state index is 12.4. The first kappa shape index (κ1) is 22.4. The van der Waals surface area contributed by atoms with Crippen molar-refractivity contribution in [3.05, 3.63) is 34.2 Å². The molecule has 2 aromatic rings. The van der Waals surface area contributed by atoms with Crippen molar-refractivity contribution in [2.24, 2.45) is 0 Å². The van der Waals surface area contributed by atoms with Crippen molar-refractivity contribution in [3.63, 3.8) is 0 Å². The first-order valence-electron chi connectivity index (χ1n) is 10.0. The van der Waals surface area contributed by atoms with E-state index >= 15 is 0 Å². The molecular weight excluding hydrogens is 372 g/mol. The molecule has 2 rings (SSSR count). The molecule has 8 heteroatoms. The third-order valence-electron chi connectivity index (χ3n) is 4.57. The number of carbonyl (C=O) groups excluding carboxylic acids is 1. The molecular formula is C21H30N4O4. The number of ether oxygens (including phenoxy) is 2. The average molecular weight is 402 g/mol. The zero-order chi connectivity index (χ0) is 21.2. The number of hydrogen-bond donors (Lipinski definition) is 2. The van der Waals surface area contributed by atoms with Crippen LogP contribution in [0.3, 0.4) is 0 Å². The molecule has 2 N–H and O–H groups in total. The lowest BCUT2D eigenvalue weighted by Gasteiger charge is -2.12. The molecule has 0 radical (unpaired) electrons. The Balaban J connectivity index is 2.09. The number of hydrogen-bond acceptors (Lipinski definition) is 6. The van der Waals surface area contributed by atoms with Gasteiger partial charge in [-0.1, -0.05) is 20.3 Å². The Morgan fingerprint density at radius 1 is 1.24 bits per heavy atom. The third-order valence-corrected chi connectivity index (χ3v) is 4.57. The molecule has 0 bridgehead atoms. The van der Waals surface area contributed by atoms with E-state index in [1.807, 2.05) is 13.8 Å². The van der Waals surface area contributed by atoms with Crippen LogP contribution in [0.2, 0.25) is 0 Å². The summed E-state index contributed by atoms with van der Waals surface area (Å²) in [6.07, 6.45) is 3.29. The minimum atomic E-state index is -0.353. The second-order valence-electron chi connectivity index (χ2n) is 6.89. The van der Waals surface area contributed by atoms with Crippen molar-refractivity contribution in [2.45, 2.75) is 58.9 Å². The number of aryl methyl sites for hydroxylation is 1. The van der Waals surface area contributed by atoms with Gasteiger partial charge in [0.15, 0.2) is 17.3 Å². The molecule has 8 nitrogen and oxygen atoms in total. The quantitative estimate of drug-likeness (QED) is 0.560. The van der Waals surface area contributed by atoms with Gasteiger partial charge in [-0.2, -0.15) is 0 Å². The van der Waals surface area contributed by atoms with Crippen molar-refractivity contribution in [1.29, 1.82) is 0 Å². The summed E-state index contributed by atoms with van der Waals surface area (Å²) in [5.74, 6) is 1.44. The van der Waals surface area contributed by atoms with Gasteiger partial charge in [-0.15, -0.1) is 10.2 Å². The summed E-state index contributed by atoms with van der Waals surface area (Å²) in [5.41, 5.74) is 0.545. The molecule has 158 valence electrons. The van der Waals surface area contributed by atoms with Gasteiger partial charge >= 0.3 is 0 Å². The Labute approximate surface area is 171 Å². The monoisotopic (exact) mass is 402 g/mol. The van der Waals surface area contributed by atoms with E-state index in [4.69, 9.17) is 9.47 Å². The first-order valence-corrected chi connectivity index (χ1v) is 10.0. The Kier molecular flexibility index (Phi) is 8.64. The lowest BCUT2D eigenvalue weighted by molar-refractivity contribution is -0.121. The second kappa shape index (κ2) is 11.2. The first-order chi connectivity index (χ1) is 14.0. The number of aromatic nitrogens is 3. The number of aromatic amines is 1. The molecule has 0 saturated heterocycles. The van der Waals surface area contributed by atoms with Gasteiger partial charge in [0.05, 0.1) is 13.7 Å². The number of unbranched alkanes of at least 4 members (excludes halogenated alkanes) is 1. The number of rotatable bonds is 11. The van der Waals surface area contributed by atoms with Gasteiger partial charge in [-0.3, -0.25) is 9.59 Å². The molecule has 1 aromatic heterocycles. The molecule has 0 fully saturated rings. The number of H-pyrrole nitrogens is 1. The van der Waals surface area contributed by atoms with Crippen LogP contribution in [0, 0.1) is 0 Å². The third kappa shape index (κ3) is 6.58. The molecule has 0 aliphatic rings. The number of nitrogens with one attached hydrogen (secondary N) is 2. The lowest BCUT2D eigenvalue weighted by atomic mass is 10.2. The van der Waals surface area contributed by atoms with Crippen LogP contribution in [0.4, 0.5) is 0 Å². The van der Waals surface area contributed by atoms with E-state index in [2.05, 4.69) is 27.4 Å². The predicted molar refractivity (Wildman–Crippen MR) is 111 cm³/mol. The molecule has 0 spiro atoms. The highest BCUT2D eigenvalue weighted by Crippen LogP contribution is 2.31. The standard InChI is InChI=1S/C21H30N4O4/c1-5-7-12-29-17-10-8-15(13-18(17)28-4)20-23-21(27)16(24-25-20)9-11-19(26)22-14(3)6-2/h8,10,13-14H,5-7,9,11-12H2,1-4H3,(H,22,26)(H,23,25,27). The summed E-state index contributed by atoms with van der Waals surface area (Å²) in [6.45, 7) is 6.65. The molecule has 29 heavy (non-hydrogen) atoms. The van der Waals surface area contributed by atoms with Crippen LogP contribution in [0.15, 0.2) is 23.0 Å². The maximum atomic E-state index is 12.4. The highest BCUT2D eigenvalue weighted by Gasteiger charge is 2.13. The molecule has 1 aromatic carbocycles. The summed E-state index contributed by atoms with van der Waals surface area (Å²) in [7, 11) is 1.56. The van der Waals surface area contributed by atoms with Gasteiger partial charge in [0.1, 0.15) is 5.69 Å². The van der Waals surface area contributed by atoms with E-state index in [0.29, 0.717) is 29.5 Å². The van der Waals surface area contributed by atoms with Gasteiger partial charge in [0.25, 0.3) is 5.56 Å². The molecule has 0 aliphatic carbocycles. The molecule has 1 unspecified atom stereocenters. The van der Waals surface area contributed by atoms with E-state index < -0.39 is 0 Å². The number of nitrogens with zero attached hydrogens (tertiary/aromatic N) is 2. The van der Waals surface area contributed by atoms with Gasteiger partial charge in [0, 0.05) is 24.4 Å². The van der Waals surface area contributed by atoms with Crippen LogP contribution in [-0.2, 0) is 11.2 Å². The zero-order valence-corrected chi connectivity index (χ0v) is 17.6. The van der Waals surface area contributed by atoms with Crippen molar-refractivity contribution in [2.75, 3.05) is 13.7 Å². The molecule has 0 aliphatic heterocycles. The fourth-order valence-electron chi connectivity index (χ4n) is 2.60. The largest absolute Gasteiger partial charge is 0.493 e.